The third kappa shape index (κ3) is 3.82. The standard InChI is InChI=1S/C15H21NO6S/c1-10(2)22-12-4-6-13(7-5-12)23(19,20)16-8-11(9-16)14(21-3)15(17)18/h4-7,10-11,14H,8-9H2,1-3H3,(H,17,18). The largest absolute Gasteiger partial charge is 0.491 e. The lowest BCUT2D eigenvalue weighted by Gasteiger charge is -2.40. The first-order valence-electron chi connectivity index (χ1n) is 7.28. The predicted molar refractivity (Wildman–Crippen MR) is 82.9 cm³/mol. The molecule has 0 aromatic heterocycles. The maximum Gasteiger partial charge on any atom is 0.333 e. The second kappa shape index (κ2) is 6.86. The molecule has 128 valence electrons. The van der Waals surface area contributed by atoms with E-state index in [1.807, 2.05) is 13.8 Å². The van der Waals surface area contributed by atoms with E-state index in [0.29, 0.717) is 5.75 Å². The number of rotatable bonds is 7. The average molecular weight is 343 g/mol. The molecule has 7 nitrogen and oxygen atoms in total. The minimum atomic E-state index is -3.62. The first kappa shape index (κ1) is 17.7. The number of carbonyl (C=O) groups is 1. The fourth-order valence-electron chi connectivity index (χ4n) is 2.46. The van der Waals surface area contributed by atoms with Crippen LogP contribution >= 0.6 is 0 Å². The van der Waals surface area contributed by atoms with Gasteiger partial charge >= 0.3 is 5.97 Å². The smallest absolute Gasteiger partial charge is 0.333 e. The molecule has 1 saturated heterocycles. The van der Waals surface area contributed by atoms with E-state index in [1.54, 1.807) is 12.1 Å². The molecule has 0 bridgehead atoms. The molecule has 2 rings (SSSR count). The van der Waals surface area contributed by atoms with Gasteiger partial charge < -0.3 is 14.6 Å². The van der Waals surface area contributed by atoms with Crippen LogP contribution < -0.4 is 4.74 Å². The molecule has 1 N–H and O–H groups in total. The number of benzene rings is 1. The van der Waals surface area contributed by atoms with Crippen molar-refractivity contribution >= 4 is 16.0 Å². The van der Waals surface area contributed by atoms with Gasteiger partial charge in [0, 0.05) is 26.1 Å². The normalized spacial score (nSPS) is 17.7. The molecular weight excluding hydrogens is 322 g/mol. The minimum Gasteiger partial charge on any atom is -0.491 e. The van der Waals surface area contributed by atoms with Crippen molar-refractivity contribution in [2.75, 3.05) is 20.2 Å². The molecule has 8 heteroatoms. The third-order valence-corrected chi connectivity index (χ3v) is 5.48. The highest BCUT2D eigenvalue weighted by atomic mass is 32.2. The number of aliphatic carboxylic acids is 1. The molecule has 1 heterocycles. The number of carboxylic acids is 1. The van der Waals surface area contributed by atoms with Gasteiger partial charge in [0.1, 0.15) is 5.75 Å². The van der Waals surface area contributed by atoms with E-state index in [2.05, 4.69) is 0 Å². The van der Waals surface area contributed by atoms with Gasteiger partial charge in [0.25, 0.3) is 0 Å². The van der Waals surface area contributed by atoms with Gasteiger partial charge in [-0.2, -0.15) is 4.31 Å². The van der Waals surface area contributed by atoms with Crippen molar-refractivity contribution in [3.05, 3.63) is 24.3 Å². The summed E-state index contributed by atoms with van der Waals surface area (Å²) in [5, 5.41) is 9.01. The van der Waals surface area contributed by atoms with Crippen molar-refractivity contribution in [3.63, 3.8) is 0 Å². The summed E-state index contributed by atoms with van der Waals surface area (Å²) in [4.78, 5) is 11.2. The Bertz CT molecular complexity index is 649. The van der Waals surface area contributed by atoms with Gasteiger partial charge in [-0.3, -0.25) is 0 Å². The summed E-state index contributed by atoms with van der Waals surface area (Å²) < 4.78 is 36.6. The molecule has 0 radical (unpaired) electrons. The van der Waals surface area contributed by atoms with Gasteiger partial charge in [-0.25, -0.2) is 13.2 Å². The van der Waals surface area contributed by atoms with Crippen LogP contribution in [0.1, 0.15) is 13.8 Å². The third-order valence-electron chi connectivity index (χ3n) is 3.64. The molecule has 1 atom stereocenters. The quantitative estimate of drug-likeness (QED) is 0.799. The van der Waals surface area contributed by atoms with Gasteiger partial charge in [0.05, 0.1) is 11.0 Å². The molecule has 1 unspecified atom stereocenters. The first-order valence-corrected chi connectivity index (χ1v) is 8.72. The maximum absolute atomic E-state index is 12.5. The van der Waals surface area contributed by atoms with E-state index < -0.39 is 22.1 Å². The van der Waals surface area contributed by atoms with E-state index in [1.165, 1.54) is 23.5 Å². The van der Waals surface area contributed by atoms with Crippen LogP contribution in [0.5, 0.6) is 5.75 Å². The summed E-state index contributed by atoms with van der Waals surface area (Å²) >= 11 is 0. The van der Waals surface area contributed by atoms with Crippen LogP contribution in [0.25, 0.3) is 0 Å². The van der Waals surface area contributed by atoms with Crippen molar-refractivity contribution in [1.82, 2.24) is 4.31 Å². The van der Waals surface area contributed by atoms with Gasteiger partial charge in [-0.1, -0.05) is 0 Å². The zero-order valence-electron chi connectivity index (χ0n) is 13.3. The zero-order chi connectivity index (χ0) is 17.2. The Morgan fingerprint density at radius 1 is 1.26 bits per heavy atom. The number of nitrogens with zero attached hydrogens (tertiary/aromatic N) is 1. The van der Waals surface area contributed by atoms with Crippen molar-refractivity contribution in [3.8, 4) is 5.75 Å². The molecule has 0 spiro atoms. The summed E-state index contributed by atoms with van der Waals surface area (Å²) in [6, 6.07) is 6.20. The summed E-state index contributed by atoms with van der Waals surface area (Å²) in [6.07, 6.45) is -0.973. The minimum absolute atomic E-state index is 0.00981. The van der Waals surface area contributed by atoms with Crippen LogP contribution in [-0.4, -0.2) is 56.2 Å². The average Bonchev–Trinajstić information content (AvgIpc) is 2.41. The second-order valence-corrected chi connectivity index (χ2v) is 7.65. The Balaban J connectivity index is 2.05. The van der Waals surface area contributed by atoms with Gasteiger partial charge in [-0.15, -0.1) is 0 Å². The molecular formula is C15H21NO6S. The van der Waals surface area contributed by atoms with Gasteiger partial charge in [0.2, 0.25) is 10.0 Å². The molecule has 0 amide bonds. The summed E-state index contributed by atoms with van der Waals surface area (Å²) in [5.41, 5.74) is 0. The molecule has 0 saturated carbocycles. The molecule has 1 aromatic rings. The van der Waals surface area contributed by atoms with Crippen LogP contribution in [0.4, 0.5) is 0 Å². The monoisotopic (exact) mass is 343 g/mol. The molecule has 1 aromatic carbocycles. The summed E-state index contributed by atoms with van der Waals surface area (Å²) in [6.45, 7) is 4.05. The van der Waals surface area contributed by atoms with Gasteiger partial charge in [-0.05, 0) is 38.1 Å². The lowest BCUT2D eigenvalue weighted by atomic mass is 9.96. The molecule has 0 aliphatic carbocycles. The number of sulfonamides is 1. The molecule has 1 aliphatic heterocycles. The Morgan fingerprint density at radius 2 is 1.83 bits per heavy atom. The van der Waals surface area contributed by atoms with Crippen LogP contribution in [0, 0.1) is 5.92 Å². The predicted octanol–water partition coefficient (Wildman–Crippen LogP) is 1.19. The SMILES string of the molecule is COC(C(=O)O)C1CN(S(=O)(=O)c2ccc(OC(C)C)cc2)C1. The van der Waals surface area contributed by atoms with Crippen molar-refractivity contribution in [2.24, 2.45) is 5.92 Å². The topological polar surface area (TPSA) is 93.1 Å². The Kier molecular flexibility index (Phi) is 5.28. The fraction of sp³-hybridized carbons (Fsp3) is 0.533. The van der Waals surface area contributed by atoms with Gasteiger partial charge in [0.15, 0.2) is 6.10 Å². The molecule has 23 heavy (non-hydrogen) atoms. The van der Waals surface area contributed by atoms with E-state index in [0.717, 1.165) is 0 Å². The molecule has 1 aliphatic rings. The fourth-order valence-corrected chi connectivity index (χ4v) is 4.02. The first-order chi connectivity index (χ1) is 10.8. The van der Waals surface area contributed by atoms with E-state index in [9.17, 15) is 13.2 Å². The Hall–Kier alpha value is -1.64. The van der Waals surface area contributed by atoms with E-state index in [4.69, 9.17) is 14.6 Å². The lowest BCUT2D eigenvalue weighted by Crippen LogP contribution is -2.56. The highest BCUT2D eigenvalue weighted by Gasteiger charge is 2.43. The van der Waals surface area contributed by atoms with Crippen molar-refractivity contribution < 1.29 is 27.8 Å². The number of hydrogen-bond donors (Lipinski definition) is 1. The number of hydrogen-bond acceptors (Lipinski definition) is 5. The summed E-state index contributed by atoms with van der Waals surface area (Å²) in [7, 11) is -2.31. The van der Waals surface area contributed by atoms with Crippen LogP contribution in [0.15, 0.2) is 29.2 Å². The summed E-state index contributed by atoms with van der Waals surface area (Å²) in [5.74, 6) is -0.814. The van der Waals surface area contributed by atoms with Crippen molar-refractivity contribution in [2.45, 2.75) is 31.0 Å². The molecule has 1 fully saturated rings. The van der Waals surface area contributed by atoms with Crippen LogP contribution in [0.2, 0.25) is 0 Å². The Labute approximate surface area is 135 Å². The van der Waals surface area contributed by atoms with E-state index >= 15 is 0 Å². The highest BCUT2D eigenvalue weighted by Crippen LogP contribution is 2.29. The van der Waals surface area contributed by atoms with Crippen LogP contribution in [0.3, 0.4) is 0 Å². The highest BCUT2D eigenvalue weighted by molar-refractivity contribution is 7.89. The maximum atomic E-state index is 12.5. The number of ether oxygens (including phenoxy) is 2. The zero-order valence-corrected chi connectivity index (χ0v) is 14.1. The van der Waals surface area contributed by atoms with Crippen LogP contribution in [-0.2, 0) is 19.6 Å². The number of carboxylic acid groups (broad SMARTS) is 1. The second-order valence-electron chi connectivity index (χ2n) is 5.71. The number of methoxy groups -OCH3 is 1. The van der Waals surface area contributed by atoms with Crippen molar-refractivity contribution in [1.29, 1.82) is 0 Å². The van der Waals surface area contributed by atoms with E-state index in [-0.39, 0.29) is 30.0 Å². The Morgan fingerprint density at radius 3 is 2.26 bits per heavy atom. The lowest BCUT2D eigenvalue weighted by molar-refractivity contribution is -0.154.